The highest BCUT2D eigenvalue weighted by Gasteiger charge is 2.23. The van der Waals surface area contributed by atoms with Crippen LogP contribution in [-0.2, 0) is 11.3 Å². The molecule has 0 amide bonds. The molecule has 0 bridgehead atoms. The summed E-state index contributed by atoms with van der Waals surface area (Å²) in [7, 11) is 0. The number of nitrogens with one attached hydrogen (secondary N) is 1. The van der Waals surface area contributed by atoms with Gasteiger partial charge in [0.2, 0.25) is 0 Å². The Labute approximate surface area is 115 Å². The number of aromatic nitrogens is 1. The predicted molar refractivity (Wildman–Crippen MR) is 76.3 cm³/mol. The third-order valence-electron chi connectivity index (χ3n) is 3.97. The van der Waals surface area contributed by atoms with Gasteiger partial charge in [0.05, 0.1) is 19.3 Å². The van der Waals surface area contributed by atoms with Crippen molar-refractivity contribution >= 4 is 5.82 Å². The molecule has 1 aromatic heterocycles. The van der Waals surface area contributed by atoms with Gasteiger partial charge in [0.25, 0.3) is 0 Å². The summed E-state index contributed by atoms with van der Waals surface area (Å²) in [5.74, 6) is 1.09. The van der Waals surface area contributed by atoms with Crippen LogP contribution in [0.1, 0.15) is 31.7 Å². The summed E-state index contributed by atoms with van der Waals surface area (Å²) >= 11 is 0. The van der Waals surface area contributed by atoms with Crippen LogP contribution >= 0.6 is 0 Å². The van der Waals surface area contributed by atoms with E-state index in [4.69, 9.17) is 4.74 Å². The number of hydrogen-bond donors (Lipinski definition) is 1. The molecule has 1 saturated carbocycles. The van der Waals surface area contributed by atoms with E-state index in [9.17, 15) is 0 Å². The molecule has 3 rings (SSSR count). The summed E-state index contributed by atoms with van der Waals surface area (Å²) in [6.45, 7) is 5.73. The molecule has 1 atom stereocenters. The molecule has 4 nitrogen and oxygen atoms in total. The van der Waals surface area contributed by atoms with E-state index in [0.717, 1.165) is 44.6 Å². The average molecular weight is 261 g/mol. The van der Waals surface area contributed by atoms with Crippen LogP contribution in [0.25, 0.3) is 0 Å². The number of pyridine rings is 1. The lowest BCUT2D eigenvalue weighted by Crippen LogP contribution is -2.45. The van der Waals surface area contributed by atoms with Crippen molar-refractivity contribution in [3.05, 3.63) is 23.9 Å². The zero-order valence-corrected chi connectivity index (χ0v) is 11.6. The first-order valence-electron chi connectivity index (χ1n) is 7.39. The van der Waals surface area contributed by atoms with Crippen molar-refractivity contribution in [1.82, 2.24) is 10.3 Å². The molecule has 1 saturated heterocycles. The third kappa shape index (κ3) is 3.25. The van der Waals surface area contributed by atoms with Gasteiger partial charge in [-0.25, -0.2) is 4.98 Å². The zero-order chi connectivity index (χ0) is 13.1. The number of rotatable bonds is 5. The lowest BCUT2D eigenvalue weighted by Gasteiger charge is -2.36. The SMILES string of the molecule is CCC1COCCN1c1ccc(CNC2CC2)cn1. The van der Waals surface area contributed by atoms with Crippen molar-refractivity contribution in [2.45, 2.75) is 44.8 Å². The van der Waals surface area contributed by atoms with Crippen LogP contribution in [0.5, 0.6) is 0 Å². The molecule has 2 fully saturated rings. The largest absolute Gasteiger partial charge is 0.377 e. The number of ether oxygens (including phenoxy) is 1. The maximum absolute atomic E-state index is 5.54. The molecule has 1 unspecified atom stereocenters. The van der Waals surface area contributed by atoms with Crippen LogP contribution in [0.2, 0.25) is 0 Å². The van der Waals surface area contributed by atoms with Gasteiger partial charge in [-0.15, -0.1) is 0 Å². The normalized spacial score (nSPS) is 23.6. The fourth-order valence-electron chi connectivity index (χ4n) is 2.54. The van der Waals surface area contributed by atoms with Crippen molar-refractivity contribution in [2.75, 3.05) is 24.7 Å². The Morgan fingerprint density at radius 1 is 1.42 bits per heavy atom. The Morgan fingerprint density at radius 3 is 3.00 bits per heavy atom. The highest BCUT2D eigenvalue weighted by molar-refractivity contribution is 5.41. The smallest absolute Gasteiger partial charge is 0.128 e. The Balaban J connectivity index is 1.62. The standard InChI is InChI=1S/C15H23N3O/c1-2-14-11-19-8-7-18(14)15-6-3-12(10-17-15)9-16-13-4-5-13/h3,6,10,13-14,16H,2,4-5,7-9,11H2,1H3. The van der Waals surface area contributed by atoms with Crippen LogP contribution in [-0.4, -0.2) is 36.8 Å². The van der Waals surface area contributed by atoms with Crippen LogP contribution in [0.15, 0.2) is 18.3 Å². The molecule has 2 aliphatic rings. The predicted octanol–water partition coefficient (Wildman–Crippen LogP) is 1.95. The number of hydrogen-bond acceptors (Lipinski definition) is 4. The van der Waals surface area contributed by atoms with Gasteiger partial charge in [-0.05, 0) is 30.9 Å². The summed E-state index contributed by atoms with van der Waals surface area (Å²) in [6, 6.07) is 5.57. The van der Waals surface area contributed by atoms with Crippen LogP contribution < -0.4 is 10.2 Å². The van der Waals surface area contributed by atoms with E-state index in [2.05, 4.69) is 34.3 Å². The number of anilines is 1. The number of morpholine rings is 1. The molecule has 1 aliphatic heterocycles. The van der Waals surface area contributed by atoms with E-state index in [1.807, 2.05) is 6.20 Å². The van der Waals surface area contributed by atoms with Crippen molar-refractivity contribution in [3.63, 3.8) is 0 Å². The minimum absolute atomic E-state index is 0.469. The summed E-state index contributed by atoms with van der Waals surface area (Å²) in [6.07, 6.45) is 5.77. The molecule has 104 valence electrons. The summed E-state index contributed by atoms with van der Waals surface area (Å²) in [5.41, 5.74) is 1.27. The Morgan fingerprint density at radius 2 is 2.32 bits per heavy atom. The van der Waals surface area contributed by atoms with E-state index in [-0.39, 0.29) is 0 Å². The van der Waals surface area contributed by atoms with Gasteiger partial charge in [-0.2, -0.15) is 0 Å². The summed E-state index contributed by atoms with van der Waals surface area (Å²) in [4.78, 5) is 7.01. The molecule has 1 aliphatic carbocycles. The van der Waals surface area contributed by atoms with Crippen LogP contribution in [0.3, 0.4) is 0 Å². The summed E-state index contributed by atoms with van der Waals surface area (Å²) < 4.78 is 5.54. The minimum Gasteiger partial charge on any atom is -0.377 e. The molecule has 19 heavy (non-hydrogen) atoms. The van der Waals surface area contributed by atoms with Crippen molar-refractivity contribution in [3.8, 4) is 0 Å². The second-order valence-electron chi connectivity index (χ2n) is 5.51. The molecular weight excluding hydrogens is 238 g/mol. The Kier molecular flexibility index (Phi) is 3.99. The highest BCUT2D eigenvalue weighted by atomic mass is 16.5. The Hall–Kier alpha value is -1.13. The molecule has 2 heterocycles. The molecular formula is C15H23N3O. The zero-order valence-electron chi connectivity index (χ0n) is 11.6. The van der Waals surface area contributed by atoms with E-state index in [0.29, 0.717) is 6.04 Å². The van der Waals surface area contributed by atoms with Gasteiger partial charge in [0, 0.05) is 25.3 Å². The van der Waals surface area contributed by atoms with Crippen LogP contribution in [0, 0.1) is 0 Å². The molecule has 1 aromatic rings. The average Bonchev–Trinajstić information content (AvgIpc) is 3.30. The molecule has 4 heteroatoms. The monoisotopic (exact) mass is 261 g/mol. The maximum Gasteiger partial charge on any atom is 0.128 e. The molecule has 0 radical (unpaired) electrons. The van der Waals surface area contributed by atoms with Gasteiger partial charge in [-0.1, -0.05) is 13.0 Å². The first-order chi connectivity index (χ1) is 9.36. The fraction of sp³-hybridized carbons (Fsp3) is 0.667. The number of nitrogens with zero attached hydrogens (tertiary/aromatic N) is 2. The topological polar surface area (TPSA) is 37.4 Å². The highest BCUT2D eigenvalue weighted by Crippen LogP contribution is 2.21. The first-order valence-corrected chi connectivity index (χ1v) is 7.39. The summed E-state index contributed by atoms with van der Waals surface area (Å²) in [5, 5.41) is 3.52. The minimum atomic E-state index is 0.469. The quantitative estimate of drug-likeness (QED) is 0.879. The van der Waals surface area contributed by atoms with Gasteiger partial charge in [0.1, 0.15) is 5.82 Å². The van der Waals surface area contributed by atoms with Gasteiger partial charge < -0.3 is 15.0 Å². The van der Waals surface area contributed by atoms with Gasteiger partial charge >= 0.3 is 0 Å². The second kappa shape index (κ2) is 5.88. The van der Waals surface area contributed by atoms with Crippen molar-refractivity contribution < 1.29 is 4.74 Å². The van der Waals surface area contributed by atoms with Crippen LogP contribution in [0.4, 0.5) is 5.82 Å². The molecule has 0 aromatic carbocycles. The Bertz CT molecular complexity index is 402. The maximum atomic E-state index is 5.54. The second-order valence-corrected chi connectivity index (χ2v) is 5.51. The first kappa shape index (κ1) is 12.9. The third-order valence-corrected chi connectivity index (χ3v) is 3.97. The van der Waals surface area contributed by atoms with Gasteiger partial charge in [0.15, 0.2) is 0 Å². The van der Waals surface area contributed by atoms with E-state index >= 15 is 0 Å². The van der Waals surface area contributed by atoms with E-state index < -0.39 is 0 Å². The van der Waals surface area contributed by atoms with Gasteiger partial charge in [-0.3, -0.25) is 0 Å². The lowest BCUT2D eigenvalue weighted by molar-refractivity contribution is 0.0925. The fourth-order valence-corrected chi connectivity index (χ4v) is 2.54. The molecule has 1 N–H and O–H groups in total. The lowest BCUT2D eigenvalue weighted by atomic mass is 10.1. The van der Waals surface area contributed by atoms with E-state index in [1.165, 1.54) is 18.4 Å². The molecule has 0 spiro atoms. The van der Waals surface area contributed by atoms with E-state index in [1.54, 1.807) is 0 Å². The van der Waals surface area contributed by atoms with Crippen molar-refractivity contribution in [1.29, 1.82) is 0 Å². The van der Waals surface area contributed by atoms with Crippen molar-refractivity contribution in [2.24, 2.45) is 0 Å².